The molecule has 0 bridgehead atoms. The fourth-order valence-electron chi connectivity index (χ4n) is 1.55. The molecule has 0 spiro atoms. The maximum absolute atomic E-state index is 9.22. The van der Waals surface area contributed by atoms with Crippen LogP contribution >= 0.6 is 23.1 Å². The molecule has 0 amide bonds. The van der Waals surface area contributed by atoms with Gasteiger partial charge in [0.15, 0.2) is 0 Å². The summed E-state index contributed by atoms with van der Waals surface area (Å²) in [6.07, 6.45) is 2.11. The summed E-state index contributed by atoms with van der Waals surface area (Å²) in [6.45, 7) is 2.73. The van der Waals surface area contributed by atoms with Crippen LogP contribution in [-0.4, -0.2) is 32.9 Å². The quantitative estimate of drug-likeness (QED) is 0.362. The molecule has 0 aliphatic heterocycles. The van der Waals surface area contributed by atoms with Crippen LogP contribution < -0.4 is 9.30 Å². The van der Waals surface area contributed by atoms with Gasteiger partial charge in [-0.15, -0.1) is 0 Å². The number of aryl methyl sites for hydroxylation is 1. The fourth-order valence-corrected chi connectivity index (χ4v) is 3.43. The van der Waals surface area contributed by atoms with E-state index in [9.17, 15) is 13.0 Å². The predicted molar refractivity (Wildman–Crippen MR) is 82.7 cm³/mol. The first-order valence-electron chi connectivity index (χ1n) is 5.93. The zero-order chi connectivity index (χ0) is 16.0. The first-order valence-corrected chi connectivity index (χ1v) is 9.30. The smallest absolute Gasteiger partial charge is 0.297 e. The molecule has 2 rings (SSSR count). The number of fused-ring (bicyclic) bond motifs is 1. The van der Waals surface area contributed by atoms with Gasteiger partial charge in [-0.25, -0.2) is 8.42 Å². The van der Waals surface area contributed by atoms with Crippen LogP contribution in [0, 0.1) is 0 Å². The molecule has 1 heterocycles. The molecule has 0 aliphatic rings. The lowest BCUT2D eigenvalue weighted by molar-refractivity contribution is -0.676. The molecule has 0 fully saturated rings. The third-order valence-electron chi connectivity index (χ3n) is 2.45. The van der Waals surface area contributed by atoms with Crippen LogP contribution in [0.1, 0.15) is 6.92 Å². The van der Waals surface area contributed by atoms with Crippen molar-refractivity contribution in [1.29, 1.82) is 0 Å². The van der Waals surface area contributed by atoms with E-state index in [1.54, 1.807) is 11.8 Å². The Hall–Kier alpha value is -0.870. The van der Waals surface area contributed by atoms with E-state index in [4.69, 9.17) is 4.74 Å². The maximum Gasteiger partial charge on any atom is 0.297 e. The van der Waals surface area contributed by atoms with Gasteiger partial charge < -0.3 is 9.29 Å². The van der Waals surface area contributed by atoms with Crippen LogP contribution in [0.25, 0.3) is 10.2 Å². The molecule has 0 atom stereocenters. The van der Waals surface area contributed by atoms with Crippen LogP contribution in [0.3, 0.4) is 0 Å². The zero-order valence-corrected chi connectivity index (χ0v) is 14.6. The number of thiazole rings is 1. The summed E-state index contributed by atoms with van der Waals surface area (Å²) in [6, 6.07) is 6.27. The van der Waals surface area contributed by atoms with Crippen LogP contribution in [0.2, 0.25) is 0 Å². The van der Waals surface area contributed by atoms with Gasteiger partial charge in [0.2, 0.25) is 15.9 Å². The van der Waals surface area contributed by atoms with E-state index in [1.165, 1.54) is 14.6 Å². The molecule has 1 aromatic carbocycles. The van der Waals surface area contributed by atoms with E-state index in [0.29, 0.717) is 0 Å². The van der Waals surface area contributed by atoms with Crippen LogP contribution in [0.15, 0.2) is 22.5 Å². The van der Waals surface area contributed by atoms with Gasteiger partial charge in [-0.3, -0.25) is 4.18 Å². The Kier molecular flexibility index (Phi) is 6.88. The van der Waals surface area contributed by atoms with Crippen LogP contribution in [0.4, 0.5) is 0 Å². The largest absolute Gasteiger partial charge is 0.726 e. The molecule has 1 aromatic heterocycles. The highest BCUT2D eigenvalue weighted by atomic mass is 32.3. The molecular weight excluding hydrogens is 334 g/mol. The van der Waals surface area contributed by atoms with Gasteiger partial charge in [0.25, 0.3) is 4.34 Å². The lowest BCUT2D eigenvalue weighted by atomic mass is 10.3. The Morgan fingerprint density at radius 1 is 1.43 bits per heavy atom. The average Bonchev–Trinajstić information content (AvgIpc) is 2.75. The second-order valence-electron chi connectivity index (χ2n) is 3.77. The predicted octanol–water partition coefficient (Wildman–Crippen LogP) is 1.94. The third-order valence-corrected chi connectivity index (χ3v) is 5.23. The van der Waals surface area contributed by atoms with Gasteiger partial charge in [-0.1, -0.05) is 11.3 Å². The van der Waals surface area contributed by atoms with Gasteiger partial charge >= 0.3 is 0 Å². The van der Waals surface area contributed by atoms with Crippen molar-refractivity contribution in [2.24, 2.45) is 7.05 Å². The number of thioether (sulfide) groups is 1. The van der Waals surface area contributed by atoms with Crippen molar-refractivity contribution >= 4 is 43.7 Å². The zero-order valence-electron chi connectivity index (χ0n) is 12.2. The van der Waals surface area contributed by atoms with Gasteiger partial charge in [0.05, 0.1) is 13.7 Å². The van der Waals surface area contributed by atoms with Crippen molar-refractivity contribution in [3.8, 4) is 5.75 Å². The average molecular weight is 351 g/mol. The first kappa shape index (κ1) is 18.2. The minimum atomic E-state index is -4.41. The summed E-state index contributed by atoms with van der Waals surface area (Å²) in [4.78, 5) is 0. The number of nitrogens with zero attached hydrogens (tertiary/aromatic N) is 1. The summed E-state index contributed by atoms with van der Waals surface area (Å²) >= 11 is 3.59. The maximum atomic E-state index is 9.22. The summed E-state index contributed by atoms with van der Waals surface area (Å²) < 4.78 is 41.3. The summed E-state index contributed by atoms with van der Waals surface area (Å²) in [5, 5.41) is 0. The lowest BCUT2D eigenvalue weighted by Crippen LogP contribution is -2.27. The SMILES string of the molecule is CCOc1ccc2c(c1)sc(SC)[n+]2C.COS(=O)(=O)[O-]. The second-order valence-corrected chi connectivity index (χ2v) is 7.00. The van der Waals surface area contributed by atoms with Crippen molar-refractivity contribution in [2.75, 3.05) is 20.0 Å². The Balaban J connectivity index is 0.000000315. The molecule has 21 heavy (non-hydrogen) atoms. The highest BCUT2D eigenvalue weighted by molar-refractivity contribution is 8.00. The van der Waals surface area contributed by atoms with Crippen LogP contribution in [-0.2, 0) is 21.6 Å². The summed E-state index contributed by atoms with van der Waals surface area (Å²) in [5.41, 5.74) is 1.27. The molecule has 2 aromatic rings. The molecule has 6 nitrogen and oxygen atoms in total. The minimum Gasteiger partial charge on any atom is -0.726 e. The number of ether oxygens (including phenoxy) is 1. The molecule has 0 saturated carbocycles. The molecule has 0 aliphatic carbocycles. The summed E-state index contributed by atoms with van der Waals surface area (Å²) in [7, 11) is -1.50. The fraction of sp³-hybridized carbons (Fsp3) is 0.417. The molecule has 0 unspecified atom stereocenters. The van der Waals surface area contributed by atoms with Crippen molar-refractivity contribution in [1.82, 2.24) is 0 Å². The molecule has 0 saturated heterocycles. The normalized spacial score (nSPS) is 11.1. The van der Waals surface area contributed by atoms with E-state index in [2.05, 4.69) is 34.2 Å². The number of benzene rings is 1. The number of hydrogen-bond acceptors (Lipinski definition) is 7. The second kappa shape index (κ2) is 7.95. The highest BCUT2D eigenvalue weighted by Gasteiger charge is 2.16. The van der Waals surface area contributed by atoms with E-state index in [-0.39, 0.29) is 0 Å². The Morgan fingerprint density at radius 2 is 2.05 bits per heavy atom. The monoisotopic (exact) mass is 351 g/mol. The van der Waals surface area contributed by atoms with E-state index in [0.717, 1.165) is 19.5 Å². The minimum absolute atomic E-state index is 0.721. The van der Waals surface area contributed by atoms with Crippen molar-refractivity contribution in [2.45, 2.75) is 11.3 Å². The standard InChI is InChI=1S/C11H14NOS2.CH4O4S/c1-4-13-8-5-6-9-10(7-8)15-11(14-3)12(9)2;1-5-6(2,3)4/h5-7H,4H2,1-3H3;1H3,(H,2,3,4)/q+1;/p-1. The van der Waals surface area contributed by atoms with E-state index < -0.39 is 10.4 Å². The van der Waals surface area contributed by atoms with Gasteiger partial charge in [0, 0.05) is 12.1 Å². The van der Waals surface area contributed by atoms with Crippen molar-refractivity contribution < 1.29 is 26.5 Å². The van der Waals surface area contributed by atoms with E-state index >= 15 is 0 Å². The van der Waals surface area contributed by atoms with Gasteiger partial charge in [-0.05, 0) is 31.0 Å². The Labute approximate surface area is 132 Å². The van der Waals surface area contributed by atoms with Gasteiger partial charge in [-0.2, -0.15) is 4.57 Å². The molecule has 118 valence electrons. The third kappa shape index (κ3) is 5.44. The first-order chi connectivity index (χ1) is 9.82. The van der Waals surface area contributed by atoms with Crippen molar-refractivity contribution in [3.05, 3.63) is 18.2 Å². The molecule has 9 heteroatoms. The Bertz CT molecular complexity index is 696. The topological polar surface area (TPSA) is 79.5 Å². The van der Waals surface area contributed by atoms with E-state index in [1.807, 2.05) is 24.3 Å². The number of aromatic nitrogens is 1. The van der Waals surface area contributed by atoms with Crippen molar-refractivity contribution in [3.63, 3.8) is 0 Å². The lowest BCUT2D eigenvalue weighted by Gasteiger charge is -2.00. The van der Waals surface area contributed by atoms with Crippen LogP contribution in [0.5, 0.6) is 5.75 Å². The molecule has 0 N–H and O–H groups in total. The summed E-state index contributed by atoms with van der Waals surface area (Å²) in [5.74, 6) is 0.958. The molecule has 0 radical (unpaired) electrons. The number of rotatable bonds is 4. The van der Waals surface area contributed by atoms with Gasteiger partial charge in [0.1, 0.15) is 17.5 Å². The Morgan fingerprint density at radius 3 is 2.52 bits per heavy atom. The number of hydrogen-bond donors (Lipinski definition) is 0. The molecular formula is C12H17NO5S3. The highest BCUT2D eigenvalue weighted by Crippen LogP contribution is 2.28.